The lowest BCUT2D eigenvalue weighted by atomic mass is 10.0. The molecule has 0 spiro atoms. The van der Waals surface area contributed by atoms with Gasteiger partial charge >= 0.3 is 5.97 Å². The van der Waals surface area contributed by atoms with Crippen molar-refractivity contribution in [3.8, 4) is 5.75 Å². The van der Waals surface area contributed by atoms with Crippen molar-refractivity contribution in [3.05, 3.63) is 28.8 Å². The number of carbonyl (C=O) groups is 2. The van der Waals surface area contributed by atoms with Crippen molar-refractivity contribution in [1.29, 1.82) is 0 Å². The van der Waals surface area contributed by atoms with Crippen molar-refractivity contribution in [2.45, 2.75) is 33.1 Å². The minimum Gasteiger partial charge on any atom is -0.507 e. The van der Waals surface area contributed by atoms with Gasteiger partial charge in [-0.05, 0) is 30.0 Å². The molecule has 1 unspecified atom stereocenters. The fraction of sp³-hybridized carbons (Fsp3) is 0.467. The minimum atomic E-state index is -0.290. The van der Waals surface area contributed by atoms with E-state index < -0.39 is 0 Å². The SMILES string of the molecule is CCC(=O)c1ccc2c(c1O)CC(COC(C)=O)C2. The van der Waals surface area contributed by atoms with E-state index >= 15 is 0 Å². The first-order valence-electron chi connectivity index (χ1n) is 6.53. The van der Waals surface area contributed by atoms with Crippen LogP contribution in [-0.4, -0.2) is 23.5 Å². The van der Waals surface area contributed by atoms with Crippen LogP contribution in [-0.2, 0) is 22.4 Å². The fourth-order valence-corrected chi connectivity index (χ4v) is 2.54. The average molecular weight is 262 g/mol. The van der Waals surface area contributed by atoms with Gasteiger partial charge in [0.2, 0.25) is 0 Å². The van der Waals surface area contributed by atoms with Gasteiger partial charge in [-0.3, -0.25) is 9.59 Å². The van der Waals surface area contributed by atoms with Crippen molar-refractivity contribution < 1.29 is 19.4 Å². The van der Waals surface area contributed by atoms with E-state index in [4.69, 9.17) is 4.74 Å². The Balaban J connectivity index is 2.17. The molecular weight excluding hydrogens is 244 g/mol. The molecule has 1 aliphatic carbocycles. The zero-order chi connectivity index (χ0) is 14.0. The van der Waals surface area contributed by atoms with Gasteiger partial charge in [0, 0.05) is 19.3 Å². The van der Waals surface area contributed by atoms with Crippen LogP contribution in [0.3, 0.4) is 0 Å². The average Bonchev–Trinajstić information content (AvgIpc) is 2.80. The molecule has 19 heavy (non-hydrogen) atoms. The second kappa shape index (κ2) is 5.43. The van der Waals surface area contributed by atoms with E-state index in [0.717, 1.165) is 17.5 Å². The summed E-state index contributed by atoms with van der Waals surface area (Å²) in [6, 6.07) is 3.58. The van der Waals surface area contributed by atoms with Crippen molar-refractivity contribution in [2.75, 3.05) is 6.61 Å². The molecule has 4 heteroatoms. The summed E-state index contributed by atoms with van der Waals surface area (Å²) in [7, 11) is 0. The summed E-state index contributed by atoms with van der Waals surface area (Å²) in [4.78, 5) is 22.5. The predicted octanol–water partition coefficient (Wildman–Crippen LogP) is 2.26. The number of Topliss-reactive ketones (excluding diaryl/α,β-unsaturated/α-hetero) is 1. The quantitative estimate of drug-likeness (QED) is 0.667. The van der Waals surface area contributed by atoms with E-state index in [1.807, 2.05) is 6.07 Å². The topological polar surface area (TPSA) is 63.6 Å². The third-order valence-electron chi connectivity index (χ3n) is 3.52. The van der Waals surface area contributed by atoms with E-state index in [1.165, 1.54) is 6.92 Å². The molecule has 0 aliphatic heterocycles. The van der Waals surface area contributed by atoms with E-state index in [2.05, 4.69) is 0 Å². The minimum absolute atomic E-state index is 0.0521. The summed E-state index contributed by atoms with van der Waals surface area (Å²) in [6.07, 6.45) is 1.80. The van der Waals surface area contributed by atoms with Crippen LogP contribution in [0.1, 0.15) is 41.8 Å². The standard InChI is InChI=1S/C15H18O4/c1-3-14(17)12-5-4-11-6-10(8-19-9(2)16)7-13(11)15(12)18/h4-5,10,18H,3,6-8H2,1-2H3. The zero-order valence-corrected chi connectivity index (χ0v) is 11.2. The van der Waals surface area contributed by atoms with Gasteiger partial charge in [-0.1, -0.05) is 13.0 Å². The molecule has 0 saturated heterocycles. The molecule has 0 heterocycles. The molecule has 0 saturated carbocycles. The Bertz CT molecular complexity index is 519. The Morgan fingerprint density at radius 1 is 1.37 bits per heavy atom. The first kappa shape index (κ1) is 13.6. The highest BCUT2D eigenvalue weighted by atomic mass is 16.5. The summed E-state index contributed by atoms with van der Waals surface area (Å²) in [5.74, 6) is -0.0442. The summed E-state index contributed by atoms with van der Waals surface area (Å²) in [6.45, 7) is 3.52. The second-order valence-corrected chi connectivity index (χ2v) is 4.95. The summed E-state index contributed by atoms with van der Waals surface area (Å²) in [5, 5.41) is 10.2. The number of phenols is 1. The van der Waals surface area contributed by atoms with E-state index in [9.17, 15) is 14.7 Å². The highest BCUT2D eigenvalue weighted by molar-refractivity contribution is 5.99. The van der Waals surface area contributed by atoms with E-state index in [0.29, 0.717) is 25.0 Å². The zero-order valence-electron chi connectivity index (χ0n) is 11.2. The lowest BCUT2D eigenvalue weighted by Crippen LogP contribution is -2.12. The molecule has 0 aromatic heterocycles. The Kier molecular flexibility index (Phi) is 3.88. The number of esters is 1. The Morgan fingerprint density at radius 3 is 2.74 bits per heavy atom. The third-order valence-corrected chi connectivity index (χ3v) is 3.52. The number of fused-ring (bicyclic) bond motifs is 1. The monoisotopic (exact) mass is 262 g/mol. The first-order chi connectivity index (χ1) is 9.02. The molecule has 1 atom stereocenters. The molecule has 0 fully saturated rings. The first-order valence-corrected chi connectivity index (χ1v) is 6.53. The molecule has 0 bridgehead atoms. The van der Waals surface area contributed by atoms with Crippen molar-refractivity contribution in [1.82, 2.24) is 0 Å². The molecule has 1 N–H and O–H groups in total. The summed E-state index contributed by atoms with van der Waals surface area (Å²) in [5.41, 5.74) is 2.27. The Labute approximate surface area is 112 Å². The van der Waals surface area contributed by atoms with Gasteiger partial charge in [0.15, 0.2) is 5.78 Å². The normalized spacial score (nSPS) is 17.1. The highest BCUT2D eigenvalue weighted by Gasteiger charge is 2.27. The van der Waals surface area contributed by atoms with E-state index in [-0.39, 0.29) is 23.4 Å². The number of benzene rings is 1. The third kappa shape index (κ3) is 2.78. The number of ether oxygens (including phenoxy) is 1. The largest absolute Gasteiger partial charge is 0.507 e. The van der Waals surface area contributed by atoms with Gasteiger partial charge in [0.25, 0.3) is 0 Å². The van der Waals surface area contributed by atoms with Gasteiger partial charge < -0.3 is 9.84 Å². The number of ketones is 1. The number of hydrogen-bond acceptors (Lipinski definition) is 4. The number of hydrogen-bond donors (Lipinski definition) is 1. The molecule has 1 aromatic carbocycles. The number of aromatic hydroxyl groups is 1. The highest BCUT2D eigenvalue weighted by Crippen LogP contribution is 2.36. The van der Waals surface area contributed by atoms with Crippen LogP contribution in [0, 0.1) is 5.92 Å². The lowest BCUT2D eigenvalue weighted by molar-refractivity contribution is -0.142. The lowest BCUT2D eigenvalue weighted by Gasteiger charge is -2.08. The van der Waals surface area contributed by atoms with Crippen LogP contribution in [0.25, 0.3) is 0 Å². The van der Waals surface area contributed by atoms with Crippen LogP contribution < -0.4 is 0 Å². The molecule has 102 valence electrons. The van der Waals surface area contributed by atoms with Gasteiger partial charge in [-0.15, -0.1) is 0 Å². The molecule has 0 amide bonds. The fourth-order valence-electron chi connectivity index (χ4n) is 2.54. The number of phenolic OH excluding ortho intramolecular Hbond substituents is 1. The van der Waals surface area contributed by atoms with Gasteiger partial charge in [-0.25, -0.2) is 0 Å². The maximum Gasteiger partial charge on any atom is 0.302 e. The summed E-state index contributed by atoms with van der Waals surface area (Å²) >= 11 is 0. The van der Waals surface area contributed by atoms with Crippen molar-refractivity contribution in [2.24, 2.45) is 5.92 Å². The molecular formula is C15H18O4. The van der Waals surface area contributed by atoms with Gasteiger partial charge in [0.1, 0.15) is 5.75 Å². The van der Waals surface area contributed by atoms with Crippen molar-refractivity contribution >= 4 is 11.8 Å². The van der Waals surface area contributed by atoms with Gasteiger partial charge in [-0.2, -0.15) is 0 Å². The maximum atomic E-state index is 11.7. The molecule has 1 aromatic rings. The van der Waals surface area contributed by atoms with Crippen LogP contribution in [0.5, 0.6) is 5.75 Å². The number of rotatable bonds is 4. The van der Waals surface area contributed by atoms with Crippen LogP contribution in [0.15, 0.2) is 12.1 Å². The van der Waals surface area contributed by atoms with Crippen LogP contribution in [0.2, 0.25) is 0 Å². The maximum absolute atomic E-state index is 11.7. The molecule has 2 rings (SSSR count). The Hall–Kier alpha value is -1.84. The van der Waals surface area contributed by atoms with Crippen molar-refractivity contribution in [3.63, 3.8) is 0 Å². The van der Waals surface area contributed by atoms with Crippen LogP contribution >= 0.6 is 0 Å². The van der Waals surface area contributed by atoms with Crippen LogP contribution in [0.4, 0.5) is 0 Å². The molecule has 0 radical (unpaired) electrons. The molecule has 4 nitrogen and oxygen atoms in total. The van der Waals surface area contributed by atoms with Gasteiger partial charge in [0.05, 0.1) is 12.2 Å². The van der Waals surface area contributed by atoms with E-state index in [1.54, 1.807) is 13.0 Å². The Morgan fingerprint density at radius 2 is 2.11 bits per heavy atom. The molecule has 1 aliphatic rings. The number of carbonyl (C=O) groups excluding carboxylic acids is 2. The smallest absolute Gasteiger partial charge is 0.302 e. The predicted molar refractivity (Wildman–Crippen MR) is 70.3 cm³/mol. The second-order valence-electron chi connectivity index (χ2n) is 4.95. The summed E-state index contributed by atoms with van der Waals surface area (Å²) < 4.78 is 5.01.